The highest BCUT2D eigenvalue weighted by molar-refractivity contribution is 5.73. The first kappa shape index (κ1) is 13.2. The van der Waals surface area contributed by atoms with Crippen LogP contribution in [0.25, 0.3) is 0 Å². The standard InChI is InChI=1S/C11H13N3O5/c1-7-4-10(12-5-8(7)14(17)18)13-2-3-19-9(6-13)11(15)16/h4-5,9H,2-3,6H2,1H3,(H,15,16). The van der Waals surface area contributed by atoms with Crippen molar-refractivity contribution in [1.29, 1.82) is 0 Å². The van der Waals surface area contributed by atoms with E-state index in [1.165, 1.54) is 6.20 Å². The minimum Gasteiger partial charge on any atom is -0.479 e. The zero-order chi connectivity index (χ0) is 14.0. The fourth-order valence-electron chi connectivity index (χ4n) is 1.90. The summed E-state index contributed by atoms with van der Waals surface area (Å²) in [5.74, 6) is -0.499. The van der Waals surface area contributed by atoms with Crippen molar-refractivity contribution in [3.05, 3.63) is 27.9 Å². The number of carbonyl (C=O) groups is 1. The van der Waals surface area contributed by atoms with E-state index in [-0.39, 0.29) is 18.8 Å². The Morgan fingerprint density at radius 2 is 2.42 bits per heavy atom. The first-order valence-electron chi connectivity index (χ1n) is 5.69. The number of pyridine rings is 1. The van der Waals surface area contributed by atoms with Gasteiger partial charge in [0.15, 0.2) is 6.10 Å². The second-order valence-corrected chi connectivity index (χ2v) is 4.23. The van der Waals surface area contributed by atoms with Gasteiger partial charge in [-0.1, -0.05) is 0 Å². The Kier molecular flexibility index (Phi) is 3.61. The Bertz CT molecular complexity index is 519. The van der Waals surface area contributed by atoms with Crippen LogP contribution < -0.4 is 4.90 Å². The first-order chi connectivity index (χ1) is 8.99. The third-order valence-electron chi connectivity index (χ3n) is 2.93. The Labute approximate surface area is 108 Å². The maximum absolute atomic E-state index is 10.9. The van der Waals surface area contributed by atoms with Gasteiger partial charge >= 0.3 is 5.97 Å². The third-order valence-corrected chi connectivity index (χ3v) is 2.93. The monoisotopic (exact) mass is 267 g/mol. The predicted molar refractivity (Wildman–Crippen MR) is 65.2 cm³/mol. The summed E-state index contributed by atoms with van der Waals surface area (Å²) in [4.78, 5) is 26.9. The number of hydrogen-bond acceptors (Lipinski definition) is 6. The van der Waals surface area contributed by atoms with Gasteiger partial charge in [-0.3, -0.25) is 10.1 Å². The van der Waals surface area contributed by atoms with Gasteiger partial charge in [0, 0.05) is 12.1 Å². The maximum Gasteiger partial charge on any atom is 0.334 e. The van der Waals surface area contributed by atoms with Gasteiger partial charge in [-0.25, -0.2) is 9.78 Å². The predicted octanol–water partition coefficient (Wildman–Crippen LogP) is 0.588. The topological polar surface area (TPSA) is 106 Å². The fourth-order valence-corrected chi connectivity index (χ4v) is 1.90. The summed E-state index contributed by atoms with van der Waals surface area (Å²) in [6, 6.07) is 1.59. The number of anilines is 1. The Morgan fingerprint density at radius 3 is 3.00 bits per heavy atom. The average molecular weight is 267 g/mol. The largest absolute Gasteiger partial charge is 0.479 e. The molecule has 0 bridgehead atoms. The number of carboxylic acids is 1. The van der Waals surface area contributed by atoms with Crippen molar-refractivity contribution in [1.82, 2.24) is 4.98 Å². The Balaban J connectivity index is 2.20. The van der Waals surface area contributed by atoms with Crippen molar-refractivity contribution in [2.24, 2.45) is 0 Å². The number of morpholine rings is 1. The van der Waals surface area contributed by atoms with Crippen LogP contribution in [0.4, 0.5) is 11.5 Å². The van der Waals surface area contributed by atoms with Crippen molar-refractivity contribution in [2.45, 2.75) is 13.0 Å². The van der Waals surface area contributed by atoms with E-state index in [4.69, 9.17) is 9.84 Å². The molecule has 2 heterocycles. The van der Waals surface area contributed by atoms with E-state index in [2.05, 4.69) is 4.98 Å². The van der Waals surface area contributed by atoms with Crippen LogP contribution >= 0.6 is 0 Å². The lowest BCUT2D eigenvalue weighted by atomic mass is 10.2. The molecule has 0 amide bonds. The molecule has 0 aromatic carbocycles. The van der Waals surface area contributed by atoms with Crippen molar-refractivity contribution in [2.75, 3.05) is 24.6 Å². The van der Waals surface area contributed by atoms with Crippen molar-refractivity contribution >= 4 is 17.5 Å². The van der Waals surface area contributed by atoms with Crippen LogP contribution in [0, 0.1) is 17.0 Å². The van der Waals surface area contributed by atoms with Gasteiger partial charge in [-0.05, 0) is 13.0 Å². The molecular formula is C11H13N3O5. The van der Waals surface area contributed by atoms with Crippen LogP contribution in [-0.2, 0) is 9.53 Å². The molecule has 8 nitrogen and oxygen atoms in total. The molecule has 1 aromatic rings. The van der Waals surface area contributed by atoms with Crippen LogP contribution in [0.5, 0.6) is 0 Å². The molecule has 8 heteroatoms. The number of carboxylic acid groups (broad SMARTS) is 1. The second-order valence-electron chi connectivity index (χ2n) is 4.23. The summed E-state index contributed by atoms with van der Waals surface area (Å²) >= 11 is 0. The van der Waals surface area contributed by atoms with Crippen LogP contribution in [0.3, 0.4) is 0 Å². The highest BCUT2D eigenvalue weighted by Crippen LogP contribution is 2.22. The molecule has 1 atom stereocenters. The second kappa shape index (κ2) is 5.19. The van der Waals surface area contributed by atoms with Crippen LogP contribution in [0.1, 0.15) is 5.56 Å². The number of rotatable bonds is 3. The van der Waals surface area contributed by atoms with Crippen molar-refractivity contribution in [3.8, 4) is 0 Å². The van der Waals surface area contributed by atoms with E-state index in [0.29, 0.717) is 17.9 Å². The van der Waals surface area contributed by atoms with E-state index in [1.54, 1.807) is 17.9 Å². The van der Waals surface area contributed by atoms with Gasteiger partial charge in [0.2, 0.25) is 0 Å². The summed E-state index contributed by atoms with van der Waals surface area (Å²) in [6.07, 6.45) is 0.293. The molecule has 1 unspecified atom stereocenters. The van der Waals surface area contributed by atoms with Gasteiger partial charge in [0.05, 0.1) is 18.1 Å². The zero-order valence-corrected chi connectivity index (χ0v) is 10.3. The van der Waals surface area contributed by atoms with Crippen molar-refractivity contribution in [3.63, 3.8) is 0 Å². The third kappa shape index (κ3) is 2.79. The minimum absolute atomic E-state index is 0.0493. The lowest BCUT2D eigenvalue weighted by molar-refractivity contribution is -0.385. The van der Waals surface area contributed by atoms with E-state index < -0.39 is 17.0 Å². The smallest absolute Gasteiger partial charge is 0.334 e. The molecule has 0 radical (unpaired) electrons. The lowest BCUT2D eigenvalue weighted by Crippen LogP contribution is -2.46. The van der Waals surface area contributed by atoms with Crippen LogP contribution in [0.15, 0.2) is 12.3 Å². The maximum atomic E-state index is 10.9. The number of ether oxygens (including phenoxy) is 1. The van der Waals surface area contributed by atoms with Gasteiger partial charge in [0.25, 0.3) is 5.69 Å². The number of aliphatic carboxylic acids is 1. The molecular weight excluding hydrogens is 254 g/mol. The summed E-state index contributed by atoms with van der Waals surface area (Å²) in [5.41, 5.74) is 0.445. The molecule has 1 aliphatic rings. The molecule has 102 valence electrons. The van der Waals surface area contributed by atoms with E-state index in [9.17, 15) is 14.9 Å². The van der Waals surface area contributed by atoms with Gasteiger partial charge in [-0.2, -0.15) is 0 Å². The Morgan fingerprint density at radius 1 is 1.68 bits per heavy atom. The van der Waals surface area contributed by atoms with Crippen molar-refractivity contribution < 1.29 is 19.6 Å². The summed E-state index contributed by atoms with van der Waals surface area (Å²) in [6.45, 7) is 2.60. The van der Waals surface area contributed by atoms with Gasteiger partial charge < -0.3 is 14.7 Å². The van der Waals surface area contributed by atoms with E-state index in [1.807, 2.05) is 0 Å². The summed E-state index contributed by atoms with van der Waals surface area (Å²) < 4.78 is 5.11. The van der Waals surface area contributed by atoms with E-state index in [0.717, 1.165) is 0 Å². The average Bonchev–Trinajstić information content (AvgIpc) is 2.38. The quantitative estimate of drug-likeness (QED) is 0.630. The molecule has 1 fully saturated rings. The molecule has 19 heavy (non-hydrogen) atoms. The highest BCUT2D eigenvalue weighted by atomic mass is 16.6. The normalized spacial score (nSPS) is 19.2. The van der Waals surface area contributed by atoms with E-state index >= 15 is 0 Å². The van der Waals surface area contributed by atoms with Crippen LogP contribution in [0.2, 0.25) is 0 Å². The number of nitro groups is 1. The fraction of sp³-hybridized carbons (Fsp3) is 0.455. The summed E-state index contributed by atoms with van der Waals surface area (Å²) in [5, 5.41) is 19.6. The molecule has 0 saturated carbocycles. The summed E-state index contributed by atoms with van der Waals surface area (Å²) in [7, 11) is 0. The molecule has 0 aliphatic carbocycles. The molecule has 1 aromatic heterocycles. The van der Waals surface area contributed by atoms with Crippen LogP contribution in [-0.4, -0.2) is 46.8 Å². The number of hydrogen-bond donors (Lipinski definition) is 1. The molecule has 1 saturated heterocycles. The lowest BCUT2D eigenvalue weighted by Gasteiger charge is -2.31. The molecule has 2 rings (SSSR count). The number of nitrogens with zero attached hydrogens (tertiary/aromatic N) is 3. The molecule has 1 N–H and O–H groups in total. The number of aromatic nitrogens is 1. The number of aryl methyl sites for hydroxylation is 1. The first-order valence-corrected chi connectivity index (χ1v) is 5.69. The SMILES string of the molecule is Cc1cc(N2CCOC(C(=O)O)C2)ncc1[N+](=O)[O-]. The van der Waals surface area contributed by atoms with Gasteiger partial charge in [-0.15, -0.1) is 0 Å². The van der Waals surface area contributed by atoms with Gasteiger partial charge in [0.1, 0.15) is 12.0 Å². The Hall–Kier alpha value is -2.22. The highest BCUT2D eigenvalue weighted by Gasteiger charge is 2.27. The zero-order valence-electron chi connectivity index (χ0n) is 10.3. The molecule has 0 spiro atoms. The molecule has 1 aliphatic heterocycles. The minimum atomic E-state index is -1.02.